The molecule has 0 aromatic carbocycles. The molecule has 0 aliphatic rings. The molecule has 2 aromatic heterocycles. The molecule has 2 rings (SSSR count). The molecular weight excluding hydrogens is 188 g/mol. The molecule has 0 fully saturated rings. The molecule has 0 saturated carbocycles. The number of nitrogens with two attached hydrogens (primary N) is 2. The van der Waals surface area contributed by atoms with Crippen molar-refractivity contribution in [3.05, 3.63) is 16.7 Å². The predicted molar refractivity (Wildman–Crippen MR) is 49.2 cm³/mol. The Labute approximate surface area is 77.4 Å². The summed E-state index contributed by atoms with van der Waals surface area (Å²) in [6.45, 7) is 0. The van der Waals surface area contributed by atoms with E-state index < -0.39 is 0 Å². The van der Waals surface area contributed by atoms with Crippen molar-refractivity contribution in [1.29, 1.82) is 0 Å². The molecular formula is C6H8N6O2. The Morgan fingerprint density at radius 3 is 2.79 bits per heavy atom. The number of carbonyl (C=O) groups excluding carboxylic acids is 1. The number of primary amides is 1. The second kappa shape index (κ2) is 4.03. The molecule has 1 amide bonds. The van der Waals surface area contributed by atoms with Crippen LogP contribution in [0.4, 0.5) is 5.95 Å². The highest BCUT2D eigenvalue weighted by Crippen LogP contribution is 1.98. The number of fused-ring (bicyclic) bond motifs is 1. The fourth-order valence-corrected chi connectivity index (χ4v) is 0.863. The van der Waals surface area contributed by atoms with E-state index in [1.165, 1.54) is 6.33 Å². The average molecular weight is 196 g/mol. The van der Waals surface area contributed by atoms with Crippen molar-refractivity contribution in [2.24, 2.45) is 5.73 Å². The molecule has 0 aliphatic heterocycles. The highest BCUT2D eigenvalue weighted by molar-refractivity contribution is 5.69. The summed E-state index contributed by atoms with van der Waals surface area (Å²) in [6.07, 6.45) is 1.65. The van der Waals surface area contributed by atoms with Gasteiger partial charge in [0.15, 0.2) is 11.2 Å². The van der Waals surface area contributed by atoms with Crippen LogP contribution in [-0.4, -0.2) is 26.3 Å². The lowest BCUT2D eigenvalue weighted by atomic mass is 10.5. The van der Waals surface area contributed by atoms with Gasteiger partial charge in [-0.25, -0.2) is 4.98 Å². The van der Waals surface area contributed by atoms with Crippen LogP contribution in [0.5, 0.6) is 0 Å². The van der Waals surface area contributed by atoms with E-state index >= 15 is 0 Å². The molecule has 8 heteroatoms. The van der Waals surface area contributed by atoms with Crippen LogP contribution in [0.2, 0.25) is 0 Å². The number of aromatic amines is 2. The predicted octanol–water partition coefficient (Wildman–Crippen LogP) is -1.67. The number of carbonyl (C=O) groups is 1. The Morgan fingerprint density at radius 1 is 1.50 bits per heavy atom. The highest BCUT2D eigenvalue weighted by Gasteiger charge is 2.01. The fraction of sp³-hybridized carbons (Fsp3) is 0. The van der Waals surface area contributed by atoms with Gasteiger partial charge < -0.3 is 16.5 Å². The van der Waals surface area contributed by atoms with Gasteiger partial charge >= 0.3 is 0 Å². The lowest BCUT2D eigenvalue weighted by Crippen LogP contribution is -2.10. The van der Waals surface area contributed by atoms with Crippen molar-refractivity contribution in [3.63, 3.8) is 0 Å². The summed E-state index contributed by atoms with van der Waals surface area (Å²) in [5, 5.41) is 0. The number of nitrogen functional groups attached to an aromatic ring is 1. The Kier molecular flexibility index (Phi) is 2.79. The third kappa shape index (κ3) is 1.86. The van der Waals surface area contributed by atoms with Crippen LogP contribution in [0.25, 0.3) is 11.2 Å². The monoisotopic (exact) mass is 196 g/mol. The molecule has 0 unspecified atom stereocenters. The number of nitrogens with one attached hydrogen (secondary N) is 2. The normalized spacial score (nSPS) is 9.14. The van der Waals surface area contributed by atoms with Crippen LogP contribution in [0.1, 0.15) is 0 Å². The van der Waals surface area contributed by atoms with E-state index in [-0.39, 0.29) is 23.4 Å². The minimum absolute atomic E-state index is 0.0896. The van der Waals surface area contributed by atoms with Gasteiger partial charge in [-0.1, -0.05) is 0 Å². The number of amides is 1. The van der Waals surface area contributed by atoms with Gasteiger partial charge in [0, 0.05) is 0 Å². The number of rotatable bonds is 0. The van der Waals surface area contributed by atoms with E-state index in [9.17, 15) is 4.79 Å². The Hall–Kier alpha value is -2.38. The van der Waals surface area contributed by atoms with Gasteiger partial charge in [0.1, 0.15) is 0 Å². The zero-order valence-corrected chi connectivity index (χ0v) is 7.02. The Bertz CT molecular complexity index is 486. The summed E-state index contributed by atoms with van der Waals surface area (Å²) in [5.74, 6) is 0.0896. The lowest BCUT2D eigenvalue weighted by Gasteiger charge is -1.89. The van der Waals surface area contributed by atoms with Crippen LogP contribution < -0.4 is 17.0 Å². The van der Waals surface area contributed by atoms with E-state index in [1.54, 1.807) is 0 Å². The average Bonchev–Trinajstić information content (AvgIpc) is 2.53. The zero-order valence-electron chi connectivity index (χ0n) is 7.02. The minimum atomic E-state index is -0.325. The first-order valence-electron chi connectivity index (χ1n) is 3.53. The van der Waals surface area contributed by atoms with Gasteiger partial charge in [-0.3, -0.25) is 14.6 Å². The van der Waals surface area contributed by atoms with Gasteiger partial charge in [0.05, 0.1) is 6.33 Å². The summed E-state index contributed by atoms with van der Waals surface area (Å²) < 4.78 is 0. The van der Waals surface area contributed by atoms with Crippen LogP contribution in [0, 0.1) is 0 Å². The molecule has 74 valence electrons. The number of hydrogen-bond acceptors (Lipinski definition) is 5. The summed E-state index contributed by atoms with van der Waals surface area (Å²) in [6, 6.07) is 0. The first kappa shape index (κ1) is 9.71. The van der Waals surface area contributed by atoms with E-state index in [1.807, 2.05) is 0 Å². The van der Waals surface area contributed by atoms with Crippen LogP contribution in [-0.2, 0) is 4.79 Å². The van der Waals surface area contributed by atoms with Crippen LogP contribution >= 0.6 is 0 Å². The maximum absolute atomic E-state index is 11.0. The summed E-state index contributed by atoms with van der Waals surface area (Å²) in [4.78, 5) is 32.1. The molecule has 0 aliphatic carbocycles. The van der Waals surface area contributed by atoms with E-state index in [0.29, 0.717) is 5.65 Å². The molecule has 0 radical (unpaired) electrons. The molecule has 8 nitrogen and oxygen atoms in total. The number of nitrogens with zero attached hydrogens (tertiary/aromatic N) is 2. The third-order valence-electron chi connectivity index (χ3n) is 1.31. The summed E-state index contributed by atoms with van der Waals surface area (Å²) in [7, 11) is 0. The molecule has 2 heterocycles. The SMILES string of the molecule is NC=O.Nc1nc2[nH]cnc2c(=O)[nH]1. The molecule has 14 heavy (non-hydrogen) atoms. The van der Waals surface area contributed by atoms with E-state index in [4.69, 9.17) is 10.5 Å². The molecule has 0 bridgehead atoms. The van der Waals surface area contributed by atoms with Crippen molar-refractivity contribution in [2.75, 3.05) is 5.73 Å². The van der Waals surface area contributed by atoms with E-state index in [0.717, 1.165) is 0 Å². The number of anilines is 1. The molecule has 0 atom stereocenters. The summed E-state index contributed by atoms with van der Waals surface area (Å²) in [5.41, 5.74) is 9.80. The van der Waals surface area contributed by atoms with Gasteiger partial charge in [0.25, 0.3) is 5.56 Å². The number of hydrogen-bond donors (Lipinski definition) is 4. The quantitative estimate of drug-likeness (QED) is 0.372. The number of H-pyrrole nitrogens is 2. The van der Waals surface area contributed by atoms with Crippen molar-refractivity contribution in [1.82, 2.24) is 19.9 Å². The minimum Gasteiger partial charge on any atom is -0.372 e. The third-order valence-corrected chi connectivity index (χ3v) is 1.31. The smallest absolute Gasteiger partial charge is 0.280 e. The fourth-order valence-electron chi connectivity index (χ4n) is 0.863. The van der Waals surface area contributed by atoms with Crippen molar-refractivity contribution >= 4 is 23.5 Å². The maximum Gasteiger partial charge on any atom is 0.280 e. The van der Waals surface area contributed by atoms with Crippen LogP contribution in [0.15, 0.2) is 11.1 Å². The number of aromatic nitrogens is 4. The highest BCUT2D eigenvalue weighted by atomic mass is 16.1. The first-order chi connectivity index (χ1) is 6.69. The van der Waals surface area contributed by atoms with Crippen molar-refractivity contribution < 1.29 is 4.79 Å². The first-order valence-corrected chi connectivity index (χ1v) is 3.53. The standard InChI is InChI=1S/C5H5N5O.CH3NO/c6-5-9-3-2(4(11)10-5)7-1-8-3;2-1-3/h1H,(H4,6,7,8,9,10,11);1H,(H2,2,3). The maximum atomic E-state index is 11.0. The molecule has 2 aromatic rings. The van der Waals surface area contributed by atoms with E-state index in [2.05, 4.69) is 25.7 Å². The number of imidazole rings is 1. The molecule has 6 N–H and O–H groups in total. The van der Waals surface area contributed by atoms with Crippen molar-refractivity contribution in [3.8, 4) is 0 Å². The largest absolute Gasteiger partial charge is 0.372 e. The van der Waals surface area contributed by atoms with Gasteiger partial charge in [-0.15, -0.1) is 0 Å². The van der Waals surface area contributed by atoms with Crippen molar-refractivity contribution in [2.45, 2.75) is 0 Å². The Balaban J connectivity index is 0.000000293. The van der Waals surface area contributed by atoms with Gasteiger partial charge in [-0.2, -0.15) is 4.98 Å². The zero-order chi connectivity index (χ0) is 10.6. The second-order valence-corrected chi connectivity index (χ2v) is 2.19. The van der Waals surface area contributed by atoms with Gasteiger partial charge in [-0.05, 0) is 0 Å². The molecule has 0 spiro atoms. The summed E-state index contributed by atoms with van der Waals surface area (Å²) >= 11 is 0. The molecule has 0 saturated heterocycles. The van der Waals surface area contributed by atoms with Gasteiger partial charge in [0.2, 0.25) is 12.4 Å². The second-order valence-electron chi connectivity index (χ2n) is 2.19. The topological polar surface area (TPSA) is 144 Å². The lowest BCUT2D eigenvalue weighted by molar-refractivity contribution is -0.106. The Morgan fingerprint density at radius 2 is 2.14 bits per heavy atom. The van der Waals surface area contributed by atoms with Crippen LogP contribution in [0.3, 0.4) is 0 Å².